The van der Waals surface area contributed by atoms with E-state index in [1.165, 1.54) is 64.2 Å². The zero-order valence-corrected chi connectivity index (χ0v) is 38.8. The molecule has 0 aromatic rings. The smallest absolute Gasteiger partial charge is 0.306 e. The second kappa shape index (κ2) is 46.8. The first kappa shape index (κ1) is 56.8. The van der Waals surface area contributed by atoms with Crippen molar-refractivity contribution in [3.05, 3.63) is 97.2 Å². The van der Waals surface area contributed by atoms with Gasteiger partial charge in [-0.3, -0.25) is 9.59 Å². The molecule has 342 valence electrons. The van der Waals surface area contributed by atoms with Crippen molar-refractivity contribution in [3.8, 4) is 0 Å². The zero-order valence-electron chi connectivity index (χ0n) is 38.8. The number of unbranched alkanes of at least 4 members (excludes halogenated alkanes) is 17. The molecule has 60 heavy (non-hydrogen) atoms. The Kier molecular flexibility index (Phi) is 44.3. The van der Waals surface area contributed by atoms with Gasteiger partial charge in [-0.05, 0) is 89.9 Å². The van der Waals surface area contributed by atoms with Crippen LogP contribution in [0.25, 0.3) is 0 Å². The molecule has 0 fully saturated rings. The van der Waals surface area contributed by atoms with Gasteiger partial charge in [0, 0.05) is 6.42 Å². The van der Waals surface area contributed by atoms with E-state index in [4.69, 9.17) is 4.74 Å². The van der Waals surface area contributed by atoms with Crippen LogP contribution < -0.4 is 5.32 Å². The van der Waals surface area contributed by atoms with Crippen molar-refractivity contribution in [2.75, 3.05) is 6.61 Å². The fourth-order valence-corrected chi connectivity index (χ4v) is 6.78. The molecule has 6 heteroatoms. The number of amides is 1. The molecule has 0 saturated heterocycles. The van der Waals surface area contributed by atoms with Crippen molar-refractivity contribution in [3.63, 3.8) is 0 Å². The first-order chi connectivity index (χ1) is 29.5. The molecule has 3 unspecified atom stereocenters. The summed E-state index contributed by atoms with van der Waals surface area (Å²) in [5, 5.41) is 23.6. The zero-order chi connectivity index (χ0) is 43.8. The SMILES string of the molecule is CC/C=C/C=C/C=C/C=C\CCCCCC(CC(=O)NC(CO)C(O)CCCCCCCCCCC)OC(=O)CCCCC/C=C\C/C=C\C/C=C\C/C=C\CCCCC. The highest BCUT2D eigenvalue weighted by Crippen LogP contribution is 2.16. The van der Waals surface area contributed by atoms with Gasteiger partial charge >= 0.3 is 5.97 Å². The third-order valence-electron chi connectivity index (χ3n) is 10.5. The van der Waals surface area contributed by atoms with E-state index in [9.17, 15) is 19.8 Å². The Labute approximate surface area is 369 Å². The van der Waals surface area contributed by atoms with Crippen LogP contribution in [0, 0.1) is 0 Å². The molecular weight excluding hydrogens is 743 g/mol. The molecule has 0 aromatic heterocycles. The molecule has 0 aromatic carbocycles. The van der Waals surface area contributed by atoms with Crippen molar-refractivity contribution in [2.45, 2.75) is 225 Å². The summed E-state index contributed by atoms with van der Waals surface area (Å²) in [6, 6.07) is -0.725. The number of carbonyl (C=O) groups is 2. The summed E-state index contributed by atoms with van der Waals surface area (Å²) in [5.41, 5.74) is 0. The van der Waals surface area contributed by atoms with Crippen molar-refractivity contribution in [2.24, 2.45) is 0 Å². The number of allylic oxidation sites excluding steroid dienone is 16. The van der Waals surface area contributed by atoms with E-state index in [1.54, 1.807) is 0 Å². The number of nitrogens with one attached hydrogen (secondary N) is 1. The maximum absolute atomic E-state index is 13.1. The van der Waals surface area contributed by atoms with Crippen LogP contribution in [0.15, 0.2) is 97.2 Å². The van der Waals surface area contributed by atoms with Gasteiger partial charge in [0.1, 0.15) is 6.10 Å². The Hall–Kier alpha value is -3.22. The fraction of sp³-hybridized carbons (Fsp3) is 0.667. The number of aliphatic hydroxyl groups is 2. The minimum Gasteiger partial charge on any atom is -0.462 e. The minimum absolute atomic E-state index is 0.0325. The van der Waals surface area contributed by atoms with E-state index in [0.717, 1.165) is 96.3 Å². The van der Waals surface area contributed by atoms with Crippen LogP contribution in [-0.2, 0) is 14.3 Å². The Morgan fingerprint density at radius 1 is 0.517 bits per heavy atom. The highest BCUT2D eigenvalue weighted by Gasteiger charge is 2.24. The van der Waals surface area contributed by atoms with E-state index < -0.39 is 18.2 Å². The van der Waals surface area contributed by atoms with E-state index in [0.29, 0.717) is 19.3 Å². The molecule has 0 bridgehead atoms. The van der Waals surface area contributed by atoms with E-state index in [-0.39, 0.29) is 24.9 Å². The second-order valence-corrected chi connectivity index (χ2v) is 16.2. The van der Waals surface area contributed by atoms with Gasteiger partial charge in [-0.2, -0.15) is 0 Å². The van der Waals surface area contributed by atoms with Crippen molar-refractivity contribution >= 4 is 11.9 Å². The number of carbonyl (C=O) groups excluding carboxylic acids is 2. The third kappa shape index (κ3) is 41.5. The molecule has 0 aliphatic carbocycles. The lowest BCUT2D eigenvalue weighted by atomic mass is 10.0. The van der Waals surface area contributed by atoms with Gasteiger partial charge in [0.25, 0.3) is 0 Å². The van der Waals surface area contributed by atoms with Gasteiger partial charge in [0.05, 0.1) is 25.2 Å². The number of ether oxygens (including phenoxy) is 1. The molecule has 0 heterocycles. The predicted molar refractivity (Wildman–Crippen MR) is 259 cm³/mol. The summed E-state index contributed by atoms with van der Waals surface area (Å²) in [5.74, 6) is -0.561. The maximum Gasteiger partial charge on any atom is 0.306 e. The normalized spacial score (nSPS) is 14.2. The van der Waals surface area contributed by atoms with E-state index in [2.05, 4.69) is 92.9 Å². The molecule has 3 atom stereocenters. The molecule has 1 amide bonds. The largest absolute Gasteiger partial charge is 0.462 e. The molecular formula is C54H91NO5. The van der Waals surface area contributed by atoms with Gasteiger partial charge < -0.3 is 20.3 Å². The number of aliphatic hydroxyl groups excluding tert-OH is 2. The lowest BCUT2D eigenvalue weighted by Crippen LogP contribution is -2.46. The Balaban J connectivity index is 4.70. The van der Waals surface area contributed by atoms with E-state index in [1.807, 2.05) is 30.4 Å². The summed E-state index contributed by atoms with van der Waals surface area (Å²) < 4.78 is 5.89. The number of hydrogen-bond donors (Lipinski definition) is 3. The van der Waals surface area contributed by atoms with Gasteiger partial charge in [0.2, 0.25) is 5.91 Å². The second-order valence-electron chi connectivity index (χ2n) is 16.2. The van der Waals surface area contributed by atoms with Crippen LogP contribution in [0.4, 0.5) is 0 Å². The van der Waals surface area contributed by atoms with Crippen LogP contribution in [0.3, 0.4) is 0 Å². The quantitative estimate of drug-likeness (QED) is 0.0246. The summed E-state index contributed by atoms with van der Waals surface area (Å²) >= 11 is 0. The summed E-state index contributed by atoms with van der Waals surface area (Å²) in [6.07, 6.45) is 61.8. The van der Waals surface area contributed by atoms with Gasteiger partial charge in [0.15, 0.2) is 0 Å². The Morgan fingerprint density at radius 3 is 1.55 bits per heavy atom. The van der Waals surface area contributed by atoms with Crippen molar-refractivity contribution in [1.82, 2.24) is 5.32 Å². The highest BCUT2D eigenvalue weighted by molar-refractivity contribution is 5.77. The van der Waals surface area contributed by atoms with Crippen molar-refractivity contribution < 1.29 is 24.5 Å². The molecule has 6 nitrogen and oxygen atoms in total. The summed E-state index contributed by atoms with van der Waals surface area (Å²) in [6.45, 7) is 6.26. The summed E-state index contributed by atoms with van der Waals surface area (Å²) in [7, 11) is 0. The van der Waals surface area contributed by atoms with E-state index >= 15 is 0 Å². The Bertz CT molecular complexity index is 1210. The standard InChI is InChI=1S/C54H91NO5/c1-4-7-10-13-16-19-21-23-24-25-26-27-28-30-32-35-38-41-44-47-54(59)60-50(45-42-39-36-34-31-29-22-20-17-14-11-8-5-2)48-53(58)55-51(49-56)52(57)46-43-40-37-33-18-15-12-9-6-3/h8,11,14,16-17,19-20,22-24,26-27,29-32,50-52,56-57H,4-7,9-10,12-13,15,18,21,25,28,33-49H2,1-3H3,(H,55,58)/b11-8+,17-14+,19-16-,22-20+,24-23-,27-26-,31-29-,32-30-. The number of hydrogen-bond acceptors (Lipinski definition) is 5. The van der Waals surface area contributed by atoms with Crippen LogP contribution >= 0.6 is 0 Å². The molecule has 0 spiro atoms. The lowest BCUT2D eigenvalue weighted by Gasteiger charge is -2.24. The topological polar surface area (TPSA) is 95.9 Å². The fourth-order valence-electron chi connectivity index (χ4n) is 6.78. The average molecular weight is 834 g/mol. The lowest BCUT2D eigenvalue weighted by molar-refractivity contribution is -0.151. The number of rotatable bonds is 42. The molecule has 0 aliphatic rings. The maximum atomic E-state index is 13.1. The first-order valence-corrected chi connectivity index (χ1v) is 24.5. The van der Waals surface area contributed by atoms with Gasteiger partial charge in [-0.15, -0.1) is 0 Å². The van der Waals surface area contributed by atoms with Crippen LogP contribution in [0.5, 0.6) is 0 Å². The van der Waals surface area contributed by atoms with Crippen molar-refractivity contribution in [1.29, 1.82) is 0 Å². The molecule has 3 N–H and O–H groups in total. The van der Waals surface area contributed by atoms with Crippen LogP contribution in [0.2, 0.25) is 0 Å². The number of esters is 1. The summed E-state index contributed by atoms with van der Waals surface area (Å²) in [4.78, 5) is 26.1. The van der Waals surface area contributed by atoms with Crippen LogP contribution in [0.1, 0.15) is 207 Å². The molecule has 0 aliphatic heterocycles. The first-order valence-electron chi connectivity index (χ1n) is 24.5. The van der Waals surface area contributed by atoms with Gasteiger partial charge in [-0.1, -0.05) is 201 Å². The van der Waals surface area contributed by atoms with Gasteiger partial charge in [-0.25, -0.2) is 0 Å². The molecule has 0 saturated carbocycles. The molecule has 0 rings (SSSR count). The Morgan fingerprint density at radius 2 is 0.967 bits per heavy atom. The molecule has 0 radical (unpaired) electrons. The van der Waals surface area contributed by atoms with Crippen LogP contribution in [-0.4, -0.2) is 46.9 Å². The minimum atomic E-state index is -0.808. The monoisotopic (exact) mass is 834 g/mol. The highest BCUT2D eigenvalue weighted by atomic mass is 16.5. The third-order valence-corrected chi connectivity index (χ3v) is 10.5. The predicted octanol–water partition coefficient (Wildman–Crippen LogP) is 14.6. The average Bonchev–Trinajstić information content (AvgIpc) is 3.24.